The molecule has 1 aliphatic carbocycles. The number of alkyl halides is 3. The smallest absolute Gasteiger partial charge is 0.419 e. The molecule has 0 atom stereocenters. The summed E-state index contributed by atoms with van der Waals surface area (Å²) in [6.07, 6.45) is 0.479. The van der Waals surface area contributed by atoms with Crippen molar-refractivity contribution in [2.24, 2.45) is 0 Å². The second kappa shape index (κ2) is 8.34. The molecule has 1 fully saturated rings. The van der Waals surface area contributed by atoms with Crippen LogP contribution in [-0.2, 0) is 21.1 Å². The number of benzene rings is 1. The van der Waals surface area contributed by atoms with Gasteiger partial charge in [0.15, 0.2) is 0 Å². The number of nitrogens with one attached hydrogen (secondary N) is 1. The predicted molar refractivity (Wildman–Crippen MR) is 98.1 cm³/mol. The molecule has 1 N–H and O–H groups in total. The fourth-order valence-electron chi connectivity index (χ4n) is 3.62. The molecule has 3 rings (SSSR count). The number of hydrogen-bond acceptors (Lipinski definition) is 5. The summed E-state index contributed by atoms with van der Waals surface area (Å²) in [5, 5.41) is 2.67. The monoisotopic (exact) mass is 411 g/mol. The van der Waals surface area contributed by atoms with Gasteiger partial charge in [-0.1, -0.05) is 19.3 Å². The summed E-state index contributed by atoms with van der Waals surface area (Å²) in [4.78, 5) is 21.1. The number of anilines is 2. The van der Waals surface area contributed by atoms with E-state index in [0.717, 1.165) is 25.3 Å². The van der Waals surface area contributed by atoms with Gasteiger partial charge in [-0.15, -0.1) is 0 Å². The number of carbonyl (C=O) groups is 1. The van der Waals surface area contributed by atoms with Crippen LogP contribution >= 0.6 is 0 Å². The molecular formula is C20H21F4N3O2. The summed E-state index contributed by atoms with van der Waals surface area (Å²) in [5.74, 6) is -1.69. The van der Waals surface area contributed by atoms with E-state index in [-0.39, 0.29) is 24.2 Å². The Kier molecular flexibility index (Phi) is 6.04. The van der Waals surface area contributed by atoms with Crippen LogP contribution in [0.2, 0.25) is 0 Å². The minimum Gasteiger partial charge on any atom is -0.465 e. The molecule has 2 aromatic rings. The Hall–Kier alpha value is -2.71. The van der Waals surface area contributed by atoms with Crippen LogP contribution in [0.1, 0.15) is 50.3 Å². The summed E-state index contributed by atoms with van der Waals surface area (Å²) in [6.45, 7) is 1.97. The minimum atomic E-state index is -4.82. The van der Waals surface area contributed by atoms with Gasteiger partial charge < -0.3 is 10.1 Å². The van der Waals surface area contributed by atoms with Crippen LogP contribution in [0.4, 0.5) is 29.2 Å². The number of esters is 1. The standard InChI is InChI=1S/C20H21F4N3O2/c1-2-29-17(28)19(9-4-3-5-10-19)16-8-11-25-18(27-16)26-13-6-7-15(21)14(12-13)20(22,23)24/h6-8,11-12H,2-5,9-10H2,1H3,(H,25,26,27). The Morgan fingerprint density at radius 2 is 1.93 bits per heavy atom. The van der Waals surface area contributed by atoms with E-state index in [1.807, 2.05) is 0 Å². The maximum absolute atomic E-state index is 13.5. The van der Waals surface area contributed by atoms with Crippen molar-refractivity contribution in [3.8, 4) is 0 Å². The first-order valence-electron chi connectivity index (χ1n) is 9.41. The first-order chi connectivity index (χ1) is 13.8. The topological polar surface area (TPSA) is 64.1 Å². The molecule has 9 heteroatoms. The van der Waals surface area contributed by atoms with E-state index in [0.29, 0.717) is 24.6 Å². The fourth-order valence-corrected chi connectivity index (χ4v) is 3.62. The van der Waals surface area contributed by atoms with Crippen LogP contribution in [0.25, 0.3) is 0 Å². The molecule has 5 nitrogen and oxygen atoms in total. The number of hydrogen-bond donors (Lipinski definition) is 1. The number of nitrogens with zero attached hydrogens (tertiary/aromatic N) is 2. The Morgan fingerprint density at radius 1 is 1.21 bits per heavy atom. The fraction of sp³-hybridized carbons (Fsp3) is 0.450. The van der Waals surface area contributed by atoms with E-state index in [4.69, 9.17) is 4.74 Å². The molecule has 0 saturated heterocycles. The molecule has 0 radical (unpaired) electrons. The highest BCUT2D eigenvalue weighted by Crippen LogP contribution is 2.40. The molecular weight excluding hydrogens is 390 g/mol. The third kappa shape index (κ3) is 4.49. The second-order valence-corrected chi connectivity index (χ2v) is 6.95. The molecule has 0 bridgehead atoms. The summed E-state index contributed by atoms with van der Waals surface area (Å²) < 4.78 is 57.6. The van der Waals surface area contributed by atoms with Crippen LogP contribution in [0.5, 0.6) is 0 Å². The molecule has 1 aromatic carbocycles. The number of rotatable bonds is 5. The van der Waals surface area contributed by atoms with E-state index in [9.17, 15) is 22.4 Å². The van der Waals surface area contributed by atoms with Gasteiger partial charge in [0.05, 0.1) is 17.9 Å². The molecule has 0 spiro atoms. The van der Waals surface area contributed by atoms with Gasteiger partial charge in [-0.2, -0.15) is 13.2 Å². The number of halogens is 4. The Morgan fingerprint density at radius 3 is 2.59 bits per heavy atom. The lowest BCUT2D eigenvalue weighted by atomic mass is 9.71. The Bertz CT molecular complexity index is 880. The van der Waals surface area contributed by atoms with Crippen LogP contribution in [0.15, 0.2) is 30.5 Å². The van der Waals surface area contributed by atoms with Gasteiger partial charge >= 0.3 is 12.1 Å². The zero-order valence-electron chi connectivity index (χ0n) is 15.9. The van der Waals surface area contributed by atoms with Crippen LogP contribution < -0.4 is 5.32 Å². The molecule has 29 heavy (non-hydrogen) atoms. The van der Waals surface area contributed by atoms with Crippen molar-refractivity contribution in [1.29, 1.82) is 0 Å². The second-order valence-electron chi connectivity index (χ2n) is 6.95. The summed E-state index contributed by atoms with van der Waals surface area (Å²) >= 11 is 0. The quantitative estimate of drug-likeness (QED) is 0.545. The molecule has 1 aromatic heterocycles. The maximum Gasteiger partial charge on any atom is 0.419 e. The zero-order chi connectivity index (χ0) is 21.1. The molecule has 156 valence electrons. The first-order valence-corrected chi connectivity index (χ1v) is 9.41. The summed E-state index contributed by atoms with van der Waals surface area (Å²) in [6, 6.07) is 4.19. The van der Waals surface area contributed by atoms with Gasteiger partial charge in [0.1, 0.15) is 11.2 Å². The van der Waals surface area contributed by atoms with Crippen LogP contribution in [-0.4, -0.2) is 22.5 Å². The van der Waals surface area contributed by atoms with Crippen LogP contribution in [0.3, 0.4) is 0 Å². The highest BCUT2D eigenvalue weighted by molar-refractivity contribution is 5.83. The van der Waals surface area contributed by atoms with Crippen molar-refractivity contribution in [2.45, 2.75) is 50.6 Å². The van der Waals surface area contributed by atoms with Crippen molar-refractivity contribution in [1.82, 2.24) is 9.97 Å². The van der Waals surface area contributed by atoms with E-state index in [2.05, 4.69) is 15.3 Å². The minimum absolute atomic E-state index is 0.00953. The van der Waals surface area contributed by atoms with Crippen molar-refractivity contribution >= 4 is 17.6 Å². The third-order valence-electron chi connectivity index (χ3n) is 5.05. The molecule has 1 aliphatic rings. The third-order valence-corrected chi connectivity index (χ3v) is 5.05. The van der Waals surface area contributed by atoms with Gasteiger partial charge in [-0.25, -0.2) is 14.4 Å². The lowest BCUT2D eigenvalue weighted by Crippen LogP contribution is -2.40. The van der Waals surface area contributed by atoms with Gasteiger partial charge in [0, 0.05) is 11.9 Å². The average Bonchev–Trinajstić information content (AvgIpc) is 2.69. The SMILES string of the molecule is CCOC(=O)C1(c2ccnc(Nc3ccc(F)c(C(F)(F)F)c3)n2)CCCCC1. The maximum atomic E-state index is 13.5. The molecule has 1 saturated carbocycles. The van der Waals surface area contributed by atoms with Crippen molar-refractivity contribution < 1.29 is 27.1 Å². The molecule has 1 heterocycles. The van der Waals surface area contributed by atoms with E-state index in [1.54, 1.807) is 13.0 Å². The average molecular weight is 411 g/mol. The molecule has 0 unspecified atom stereocenters. The number of aromatic nitrogens is 2. The van der Waals surface area contributed by atoms with Gasteiger partial charge in [-0.3, -0.25) is 4.79 Å². The highest BCUT2D eigenvalue weighted by atomic mass is 19.4. The highest BCUT2D eigenvalue weighted by Gasteiger charge is 2.44. The van der Waals surface area contributed by atoms with Crippen LogP contribution in [0, 0.1) is 5.82 Å². The van der Waals surface area contributed by atoms with Crippen molar-refractivity contribution in [3.05, 3.63) is 47.5 Å². The van der Waals surface area contributed by atoms with E-state index < -0.39 is 23.0 Å². The Balaban J connectivity index is 1.92. The number of ether oxygens (including phenoxy) is 1. The Labute approximate surface area is 165 Å². The largest absolute Gasteiger partial charge is 0.465 e. The summed E-state index contributed by atoms with van der Waals surface area (Å²) in [5.41, 5.74) is -1.82. The molecule has 0 amide bonds. The van der Waals surface area contributed by atoms with Crippen molar-refractivity contribution in [2.75, 3.05) is 11.9 Å². The van der Waals surface area contributed by atoms with Crippen molar-refractivity contribution in [3.63, 3.8) is 0 Å². The first kappa shape index (κ1) is 21.0. The zero-order valence-corrected chi connectivity index (χ0v) is 15.9. The lowest BCUT2D eigenvalue weighted by molar-refractivity contribution is -0.152. The van der Waals surface area contributed by atoms with E-state index >= 15 is 0 Å². The predicted octanol–water partition coefficient (Wildman–Crippen LogP) is 5.14. The lowest BCUT2D eigenvalue weighted by Gasteiger charge is -2.34. The molecule has 0 aliphatic heterocycles. The summed E-state index contributed by atoms with van der Waals surface area (Å²) in [7, 11) is 0. The van der Waals surface area contributed by atoms with E-state index in [1.165, 1.54) is 12.3 Å². The van der Waals surface area contributed by atoms with Gasteiger partial charge in [-0.05, 0) is 44.0 Å². The number of carbonyl (C=O) groups excluding carboxylic acids is 1. The van der Waals surface area contributed by atoms with Gasteiger partial charge in [0.2, 0.25) is 5.95 Å². The normalized spacial score (nSPS) is 16.3. The van der Waals surface area contributed by atoms with Gasteiger partial charge in [0.25, 0.3) is 0 Å².